The molecule has 4 aliphatic carbocycles. The van der Waals surface area contributed by atoms with Gasteiger partial charge in [0.15, 0.2) is 28.8 Å². The van der Waals surface area contributed by atoms with Crippen LogP contribution >= 0.6 is 0 Å². The Morgan fingerprint density at radius 2 is 1.90 bits per heavy atom. The summed E-state index contributed by atoms with van der Waals surface area (Å²) in [6, 6.07) is 0. The van der Waals surface area contributed by atoms with E-state index < -0.39 is 52.1 Å². The van der Waals surface area contributed by atoms with E-state index in [1.807, 2.05) is 0 Å². The molecule has 0 amide bonds. The van der Waals surface area contributed by atoms with Crippen molar-refractivity contribution in [3.63, 3.8) is 0 Å². The minimum atomic E-state index is -2.41. The van der Waals surface area contributed by atoms with Crippen LogP contribution in [0.15, 0.2) is 23.3 Å². The second kappa shape index (κ2) is 5.79. The third-order valence-corrected chi connectivity index (χ3v) is 8.31. The molecule has 0 spiro atoms. The van der Waals surface area contributed by atoms with E-state index in [1.165, 1.54) is 19.9 Å². The number of ketones is 4. The highest BCUT2D eigenvalue weighted by Gasteiger charge is 2.75. The van der Waals surface area contributed by atoms with Crippen molar-refractivity contribution in [2.45, 2.75) is 57.7 Å². The molecular weight excluding hydrogens is 379 g/mol. The van der Waals surface area contributed by atoms with Crippen LogP contribution in [-0.2, 0) is 19.2 Å². The molecule has 0 unspecified atom stereocenters. The predicted octanol–water partition coefficient (Wildman–Crippen LogP) is 1.43. The molecule has 3 saturated carbocycles. The topological polar surface area (TPSA) is 109 Å². The van der Waals surface area contributed by atoms with Gasteiger partial charge < -0.3 is 10.2 Å². The van der Waals surface area contributed by atoms with E-state index in [0.29, 0.717) is 0 Å². The van der Waals surface area contributed by atoms with Crippen molar-refractivity contribution < 1.29 is 33.8 Å². The second-order valence-corrected chi connectivity index (χ2v) is 9.50. The Hall–Kier alpha value is -1.99. The van der Waals surface area contributed by atoms with Crippen LogP contribution in [0.2, 0.25) is 0 Å². The molecular formula is C22H25FO6. The summed E-state index contributed by atoms with van der Waals surface area (Å²) in [5.74, 6) is -3.91. The van der Waals surface area contributed by atoms with Crippen LogP contribution in [0.4, 0.5) is 4.39 Å². The summed E-state index contributed by atoms with van der Waals surface area (Å²) in [7, 11) is 0. The van der Waals surface area contributed by atoms with E-state index in [-0.39, 0.29) is 48.4 Å². The number of Topliss-reactive ketones (excluding diaryl/α,β-unsaturated/α-hetero) is 3. The number of allylic oxidation sites excluding steroid dienone is 4. The van der Waals surface area contributed by atoms with Crippen LogP contribution in [0.5, 0.6) is 0 Å². The number of carbonyl (C=O) groups is 4. The Morgan fingerprint density at radius 1 is 1.24 bits per heavy atom. The van der Waals surface area contributed by atoms with Gasteiger partial charge in [-0.25, -0.2) is 4.39 Å². The van der Waals surface area contributed by atoms with Gasteiger partial charge in [-0.05, 0) is 44.3 Å². The van der Waals surface area contributed by atoms with Gasteiger partial charge in [-0.2, -0.15) is 0 Å². The lowest BCUT2D eigenvalue weighted by atomic mass is 9.44. The maximum absolute atomic E-state index is 16.8. The maximum Gasteiger partial charge on any atom is 0.190 e. The van der Waals surface area contributed by atoms with Crippen LogP contribution < -0.4 is 0 Å². The molecule has 0 bridgehead atoms. The average molecular weight is 404 g/mol. The van der Waals surface area contributed by atoms with E-state index >= 15 is 4.39 Å². The van der Waals surface area contributed by atoms with Crippen LogP contribution in [0.25, 0.3) is 0 Å². The molecule has 156 valence electrons. The molecule has 6 atom stereocenters. The first-order valence-corrected chi connectivity index (χ1v) is 9.94. The normalized spacial score (nSPS) is 46.5. The maximum atomic E-state index is 16.8. The Bertz CT molecular complexity index is 934. The molecule has 4 rings (SSSR count). The standard InChI is InChI=1S/C22H25FO6/c1-11-8-20(3)14(7-15(11)25)16(26)6-13-12-4-5-21(29,18(28)10-24)19(12,2)9-17(27)22(13,20)23/h7-8,12-13,24,29H,4-6,9-10H2,1-3H3/t12-,13-,19-,20-,21-,22-/m0/s1. The third kappa shape index (κ3) is 2.12. The minimum absolute atomic E-state index is 0.00831. The number of alkyl halides is 1. The van der Waals surface area contributed by atoms with Crippen molar-refractivity contribution in [3.05, 3.63) is 23.3 Å². The first-order chi connectivity index (χ1) is 13.4. The van der Waals surface area contributed by atoms with Crippen molar-refractivity contribution in [2.24, 2.45) is 22.7 Å². The van der Waals surface area contributed by atoms with Crippen LogP contribution in [0.3, 0.4) is 0 Å². The molecule has 0 radical (unpaired) electrons. The summed E-state index contributed by atoms with van der Waals surface area (Å²) in [5, 5.41) is 20.4. The molecule has 0 aromatic heterocycles. The number of fused-ring (bicyclic) bond motifs is 5. The molecule has 7 heteroatoms. The summed E-state index contributed by atoms with van der Waals surface area (Å²) in [6.07, 6.45) is 2.20. The lowest BCUT2D eigenvalue weighted by Gasteiger charge is -2.59. The molecule has 0 aromatic carbocycles. The van der Waals surface area contributed by atoms with Crippen molar-refractivity contribution in [3.8, 4) is 0 Å². The molecule has 0 aliphatic heterocycles. The Kier molecular flexibility index (Phi) is 4.05. The Morgan fingerprint density at radius 3 is 2.52 bits per heavy atom. The number of aliphatic hydroxyl groups is 2. The zero-order chi connectivity index (χ0) is 21.6. The summed E-state index contributed by atoms with van der Waals surface area (Å²) in [6.45, 7) is 3.73. The van der Waals surface area contributed by atoms with Crippen molar-refractivity contribution in [2.75, 3.05) is 6.61 Å². The number of halogens is 1. The molecule has 0 saturated heterocycles. The average Bonchev–Trinajstić information content (AvgIpc) is 2.91. The number of rotatable bonds is 2. The fraction of sp³-hybridized carbons (Fsp3) is 0.636. The van der Waals surface area contributed by atoms with Crippen molar-refractivity contribution in [1.29, 1.82) is 0 Å². The summed E-state index contributed by atoms with van der Waals surface area (Å²) < 4.78 is 16.8. The molecule has 0 aromatic rings. The van der Waals surface area contributed by atoms with Gasteiger partial charge in [0.25, 0.3) is 0 Å². The largest absolute Gasteiger partial charge is 0.388 e. The van der Waals surface area contributed by atoms with Crippen molar-refractivity contribution >= 4 is 23.1 Å². The predicted molar refractivity (Wildman–Crippen MR) is 99.4 cm³/mol. The van der Waals surface area contributed by atoms with E-state index in [2.05, 4.69) is 0 Å². The van der Waals surface area contributed by atoms with Gasteiger partial charge in [0.05, 0.1) is 5.41 Å². The SMILES string of the molecule is CC1=C[C@@]2(C)C(=CC1=O)C(=O)C[C@H]1[C@@H]3CC[C@](O)(C(=O)CO)[C@@]3(C)CC(=O)[C@@]12F. The lowest BCUT2D eigenvalue weighted by molar-refractivity contribution is -0.185. The van der Waals surface area contributed by atoms with Crippen LogP contribution in [0, 0.1) is 22.7 Å². The van der Waals surface area contributed by atoms with Crippen LogP contribution in [0.1, 0.15) is 46.5 Å². The smallest absolute Gasteiger partial charge is 0.190 e. The number of aliphatic hydroxyl groups excluding tert-OH is 1. The van der Waals surface area contributed by atoms with Gasteiger partial charge >= 0.3 is 0 Å². The summed E-state index contributed by atoms with van der Waals surface area (Å²) in [5.41, 5.74) is -6.87. The van der Waals surface area contributed by atoms with Crippen LogP contribution in [-0.4, -0.2) is 51.2 Å². The number of carbonyl (C=O) groups excluding carboxylic acids is 4. The highest BCUT2D eigenvalue weighted by Crippen LogP contribution is 2.68. The minimum Gasteiger partial charge on any atom is -0.388 e. The van der Waals surface area contributed by atoms with E-state index in [9.17, 15) is 29.4 Å². The first-order valence-electron chi connectivity index (χ1n) is 9.94. The Labute approximate surface area is 167 Å². The first kappa shape index (κ1) is 20.3. The van der Waals surface area contributed by atoms with Gasteiger partial charge in [-0.1, -0.05) is 13.0 Å². The van der Waals surface area contributed by atoms with Gasteiger partial charge in [-0.15, -0.1) is 0 Å². The molecule has 6 nitrogen and oxygen atoms in total. The van der Waals surface area contributed by atoms with Gasteiger partial charge in [0.1, 0.15) is 12.2 Å². The van der Waals surface area contributed by atoms with Gasteiger partial charge in [0, 0.05) is 29.7 Å². The summed E-state index contributed by atoms with van der Waals surface area (Å²) >= 11 is 0. The molecule has 0 heterocycles. The lowest BCUT2D eigenvalue weighted by Crippen LogP contribution is -2.69. The second-order valence-electron chi connectivity index (χ2n) is 9.50. The fourth-order valence-corrected chi connectivity index (χ4v) is 6.65. The van der Waals surface area contributed by atoms with E-state index in [1.54, 1.807) is 6.92 Å². The van der Waals surface area contributed by atoms with E-state index in [0.717, 1.165) is 6.08 Å². The fourth-order valence-electron chi connectivity index (χ4n) is 6.65. The van der Waals surface area contributed by atoms with Gasteiger partial charge in [0.2, 0.25) is 0 Å². The number of hydrogen-bond donors (Lipinski definition) is 2. The summed E-state index contributed by atoms with van der Waals surface area (Å²) in [4.78, 5) is 50.7. The highest BCUT2D eigenvalue weighted by molar-refractivity contribution is 6.14. The third-order valence-electron chi connectivity index (χ3n) is 8.31. The highest BCUT2D eigenvalue weighted by atomic mass is 19.1. The quantitative estimate of drug-likeness (QED) is 0.721. The zero-order valence-electron chi connectivity index (χ0n) is 16.8. The molecule has 3 fully saturated rings. The molecule has 29 heavy (non-hydrogen) atoms. The van der Waals surface area contributed by atoms with Crippen molar-refractivity contribution in [1.82, 2.24) is 0 Å². The Balaban J connectivity index is 1.89. The monoisotopic (exact) mass is 404 g/mol. The number of hydrogen-bond acceptors (Lipinski definition) is 6. The van der Waals surface area contributed by atoms with Gasteiger partial charge in [-0.3, -0.25) is 19.2 Å². The zero-order valence-corrected chi connectivity index (χ0v) is 16.8. The van der Waals surface area contributed by atoms with E-state index in [4.69, 9.17) is 0 Å². The molecule has 4 aliphatic rings. The molecule has 2 N–H and O–H groups in total.